The molecule has 34 heavy (non-hydrogen) atoms. The van der Waals surface area contributed by atoms with E-state index in [9.17, 15) is 13.2 Å². The molecule has 3 aromatic rings. The normalized spacial score (nSPS) is 22.4. The summed E-state index contributed by atoms with van der Waals surface area (Å²) in [4.78, 5) is 15.7. The van der Waals surface area contributed by atoms with Crippen molar-refractivity contribution < 1.29 is 26.5 Å². The second-order valence-corrected chi connectivity index (χ2v) is 10.8. The van der Waals surface area contributed by atoms with Crippen LogP contribution in [0.3, 0.4) is 0 Å². The maximum absolute atomic E-state index is 15.0. The second-order valence-electron chi connectivity index (χ2n) is 8.30. The molecule has 1 aromatic heterocycles. The van der Waals surface area contributed by atoms with Crippen molar-refractivity contribution in [3.05, 3.63) is 47.5 Å². The van der Waals surface area contributed by atoms with Crippen molar-refractivity contribution >= 4 is 44.4 Å². The topological polar surface area (TPSA) is 95.8 Å². The lowest BCUT2D eigenvalue weighted by molar-refractivity contribution is -0.0448. The Morgan fingerprint density at radius 3 is 2.68 bits per heavy atom. The number of halogens is 3. The first-order valence-electron chi connectivity index (χ1n) is 10.7. The van der Waals surface area contributed by atoms with Crippen LogP contribution in [-0.4, -0.2) is 61.4 Å². The standard InChI is InChI=1S/C22H21ClF2N4O4S/c1-2-34(31,32)27-17-12-29-18(22(17,24)25)10-11-28(21(29)30)20-19-14(7-5-9-16(19)33-26-20)13-6-3-4-8-15(13)23/h3-9,17-18,27H,2,10-12H2,1H3/t17-,18?/m1/s1. The molecular weight excluding hydrogens is 490 g/mol. The molecule has 2 fully saturated rings. The van der Waals surface area contributed by atoms with Gasteiger partial charge in [0, 0.05) is 23.7 Å². The summed E-state index contributed by atoms with van der Waals surface area (Å²) in [5.41, 5.74) is 1.82. The number of benzene rings is 2. The van der Waals surface area contributed by atoms with Crippen LogP contribution in [0.1, 0.15) is 13.3 Å². The minimum absolute atomic E-state index is 0.0265. The smallest absolute Gasteiger partial charge is 0.326 e. The summed E-state index contributed by atoms with van der Waals surface area (Å²) < 4.78 is 61.5. The first-order chi connectivity index (χ1) is 16.1. The molecule has 1 N–H and O–H groups in total. The Morgan fingerprint density at radius 1 is 1.21 bits per heavy atom. The Hall–Kier alpha value is -2.76. The molecule has 0 saturated carbocycles. The predicted molar refractivity (Wildman–Crippen MR) is 124 cm³/mol. The van der Waals surface area contributed by atoms with Gasteiger partial charge < -0.3 is 9.42 Å². The number of amides is 2. The maximum Gasteiger partial charge on any atom is 0.326 e. The number of alkyl halides is 2. The summed E-state index contributed by atoms with van der Waals surface area (Å²) in [6.45, 7) is 0.891. The monoisotopic (exact) mass is 510 g/mol. The molecule has 180 valence electrons. The van der Waals surface area contributed by atoms with Gasteiger partial charge in [0.1, 0.15) is 12.1 Å². The quantitative estimate of drug-likeness (QED) is 0.557. The molecule has 2 aliphatic rings. The lowest BCUT2D eigenvalue weighted by atomic mass is 10.0. The van der Waals surface area contributed by atoms with Crippen LogP contribution in [0.15, 0.2) is 47.0 Å². The fourth-order valence-electron chi connectivity index (χ4n) is 4.62. The number of sulfonamides is 1. The second kappa shape index (κ2) is 8.17. The number of anilines is 1. The van der Waals surface area contributed by atoms with Crippen molar-refractivity contribution in [1.29, 1.82) is 0 Å². The van der Waals surface area contributed by atoms with Gasteiger partial charge in [-0.3, -0.25) is 4.90 Å². The van der Waals surface area contributed by atoms with Gasteiger partial charge in [-0.1, -0.05) is 47.1 Å². The lowest BCUT2D eigenvalue weighted by Crippen LogP contribution is -2.56. The van der Waals surface area contributed by atoms with Crippen molar-refractivity contribution in [3.63, 3.8) is 0 Å². The van der Waals surface area contributed by atoms with Crippen LogP contribution in [0.5, 0.6) is 0 Å². The fraction of sp³-hybridized carbons (Fsp3) is 0.364. The molecule has 5 rings (SSSR count). The van der Waals surface area contributed by atoms with E-state index >= 15 is 8.78 Å². The number of urea groups is 1. The summed E-state index contributed by atoms with van der Waals surface area (Å²) in [5, 5.41) is 5.12. The molecule has 1 unspecified atom stereocenters. The van der Waals surface area contributed by atoms with Crippen LogP contribution in [-0.2, 0) is 10.0 Å². The molecule has 0 spiro atoms. The number of rotatable bonds is 5. The molecule has 3 heterocycles. The van der Waals surface area contributed by atoms with E-state index < -0.39 is 40.6 Å². The summed E-state index contributed by atoms with van der Waals surface area (Å²) in [5.74, 6) is -3.53. The van der Waals surface area contributed by atoms with Crippen molar-refractivity contribution in [1.82, 2.24) is 14.8 Å². The van der Waals surface area contributed by atoms with E-state index in [1.165, 1.54) is 11.8 Å². The molecular formula is C22H21ClF2N4O4S. The van der Waals surface area contributed by atoms with Crippen LogP contribution in [0, 0.1) is 0 Å². The summed E-state index contributed by atoms with van der Waals surface area (Å²) >= 11 is 6.40. The molecule has 2 aliphatic heterocycles. The Morgan fingerprint density at radius 2 is 1.94 bits per heavy atom. The van der Waals surface area contributed by atoms with Crippen LogP contribution in [0.25, 0.3) is 22.1 Å². The van der Waals surface area contributed by atoms with E-state index in [-0.39, 0.29) is 24.5 Å². The molecule has 2 amide bonds. The highest BCUT2D eigenvalue weighted by atomic mass is 35.5. The average Bonchev–Trinajstić information content (AvgIpc) is 3.34. The minimum Gasteiger partial charge on any atom is -0.354 e. The molecule has 0 radical (unpaired) electrons. The van der Waals surface area contributed by atoms with Gasteiger partial charge >= 0.3 is 6.03 Å². The van der Waals surface area contributed by atoms with Crippen molar-refractivity contribution in [2.24, 2.45) is 0 Å². The van der Waals surface area contributed by atoms with Crippen LogP contribution >= 0.6 is 11.6 Å². The number of nitrogens with one attached hydrogen (secondary N) is 1. The number of carbonyl (C=O) groups is 1. The van der Waals surface area contributed by atoms with Gasteiger partial charge in [0.2, 0.25) is 10.0 Å². The van der Waals surface area contributed by atoms with Crippen molar-refractivity contribution in [2.45, 2.75) is 31.4 Å². The number of hydrogen-bond acceptors (Lipinski definition) is 5. The minimum atomic E-state index is -3.88. The third-order valence-electron chi connectivity index (χ3n) is 6.37. The largest absolute Gasteiger partial charge is 0.354 e. The number of nitrogens with zero attached hydrogens (tertiary/aromatic N) is 3. The van der Waals surface area contributed by atoms with E-state index in [4.69, 9.17) is 16.1 Å². The van der Waals surface area contributed by atoms with Gasteiger partial charge in [-0.05, 0) is 31.0 Å². The van der Waals surface area contributed by atoms with Crippen LogP contribution < -0.4 is 9.62 Å². The average molecular weight is 511 g/mol. The summed E-state index contributed by atoms with van der Waals surface area (Å²) in [7, 11) is -3.88. The Balaban J connectivity index is 1.52. The first-order valence-corrected chi connectivity index (χ1v) is 12.8. The molecule has 0 bridgehead atoms. The number of hydrogen-bond donors (Lipinski definition) is 1. The number of carbonyl (C=O) groups excluding carboxylic acids is 1. The lowest BCUT2D eigenvalue weighted by Gasteiger charge is -2.37. The van der Waals surface area contributed by atoms with Crippen molar-refractivity contribution in [2.75, 3.05) is 23.7 Å². The van der Waals surface area contributed by atoms with E-state index in [1.807, 2.05) is 22.9 Å². The SMILES string of the molecule is CCS(=O)(=O)N[C@@H]1CN2C(=O)N(c3noc4cccc(-c5ccccc5Cl)c34)CCC2C1(F)F. The van der Waals surface area contributed by atoms with Crippen LogP contribution in [0.2, 0.25) is 5.02 Å². The molecule has 8 nitrogen and oxygen atoms in total. The van der Waals surface area contributed by atoms with E-state index in [2.05, 4.69) is 5.16 Å². The Labute approximate surface area is 199 Å². The Bertz CT molecular complexity index is 1380. The van der Waals surface area contributed by atoms with Crippen LogP contribution in [0.4, 0.5) is 19.4 Å². The summed E-state index contributed by atoms with van der Waals surface area (Å²) in [6, 6.07) is 8.69. The zero-order chi connectivity index (χ0) is 24.3. The highest BCUT2D eigenvalue weighted by Crippen LogP contribution is 2.43. The Kier molecular flexibility index (Phi) is 5.53. The van der Waals surface area contributed by atoms with Gasteiger partial charge in [-0.25, -0.2) is 26.7 Å². The predicted octanol–water partition coefficient (Wildman–Crippen LogP) is 4.11. The third-order valence-corrected chi connectivity index (χ3v) is 8.10. The number of fused-ring (bicyclic) bond motifs is 2. The van der Waals surface area contributed by atoms with Gasteiger partial charge in [-0.15, -0.1) is 0 Å². The molecule has 12 heteroatoms. The zero-order valence-electron chi connectivity index (χ0n) is 18.0. The highest BCUT2D eigenvalue weighted by molar-refractivity contribution is 7.89. The van der Waals surface area contributed by atoms with Gasteiger partial charge in [0.05, 0.1) is 11.1 Å². The fourth-order valence-corrected chi connectivity index (χ4v) is 5.69. The summed E-state index contributed by atoms with van der Waals surface area (Å²) in [6.07, 6.45) is -0.0638. The van der Waals surface area contributed by atoms with E-state index in [1.54, 1.807) is 24.3 Å². The van der Waals surface area contributed by atoms with Gasteiger partial charge in [-0.2, -0.15) is 0 Å². The number of aromatic nitrogens is 1. The molecule has 2 atom stereocenters. The van der Waals surface area contributed by atoms with Gasteiger partial charge in [0.25, 0.3) is 5.92 Å². The molecule has 2 aromatic carbocycles. The van der Waals surface area contributed by atoms with E-state index in [0.29, 0.717) is 27.1 Å². The highest BCUT2D eigenvalue weighted by Gasteiger charge is 2.60. The maximum atomic E-state index is 15.0. The van der Waals surface area contributed by atoms with Gasteiger partial charge in [0.15, 0.2) is 11.4 Å². The molecule has 0 aliphatic carbocycles. The zero-order valence-corrected chi connectivity index (χ0v) is 19.6. The first kappa shape index (κ1) is 23.0. The van der Waals surface area contributed by atoms with Crippen molar-refractivity contribution in [3.8, 4) is 11.1 Å². The molecule has 2 saturated heterocycles. The third kappa shape index (κ3) is 3.62. The van der Waals surface area contributed by atoms with E-state index in [0.717, 1.165) is 4.90 Å².